The van der Waals surface area contributed by atoms with Crippen LogP contribution in [0.25, 0.3) is 0 Å². The van der Waals surface area contributed by atoms with E-state index in [1.54, 1.807) is 0 Å². The van der Waals surface area contributed by atoms with Gasteiger partial charge < -0.3 is 5.32 Å². The van der Waals surface area contributed by atoms with Crippen molar-refractivity contribution in [3.63, 3.8) is 0 Å². The molecule has 2 nitrogen and oxygen atoms in total. The van der Waals surface area contributed by atoms with Crippen LogP contribution in [-0.2, 0) is 6.42 Å². The van der Waals surface area contributed by atoms with Gasteiger partial charge in [-0.1, -0.05) is 48.3 Å². The molecule has 0 spiro atoms. The van der Waals surface area contributed by atoms with E-state index in [4.69, 9.17) is 0 Å². The first-order chi connectivity index (χ1) is 9.21. The van der Waals surface area contributed by atoms with Crippen molar-refractivity contribution in [1.29, 1.82) is 0 Å². The zero-order chi connectivity index (χ0) is 14.1. The average molecular weight is 326 g/mol. The number of rotatable bonds is 8. The predicted octanol–water partition coefficient (Wildman–Crippen LogP) is 4.18. The second-order valence-electron chi connectivity index (χ2n) is 4.89. The molecule has 0 fully saturated rings. The van der Waals surface area contributed by atoms with Crippen LogP contribution in [0.2, 0.25) is 0 Å². The van der Waals surface area contributed by atoms with Crippen molar-refractivity contribution < 1.29 is 4.79 Å². The van der Waals surface area contributed by atoms with Crippen molar-refractivity contribution in [2.45, 2.75) is 39.5 Å². The number of carbonyl (C=O) groups is 1. The van der Waals surface area contributed by atoms with Crippen LogP contribution in [0.3, 0.4) is 0 Å². The fraction of sp³-hybridized carbons (Fsp3) is 0.562. The normalized spacial score (nSPS) is 12.2. The first kappa shape index (κ1) is 16.2. The summed E-state index contributed by atoms with van der Waals surface area (Å²) in [6.07, 6.45) is 4.45. The molecule has 1 aromatic carbocycles. The Balaban J connectivity index is 2.48. The van der Waals surface area contributed by atoms with Crippen LogP contribution in [0.5, 0.6) is 0 Å². The summed E-state index contributed by atoms with van der Waals surface area (Å²) in [7, 11) is 0. The number of benzene rings is 1. The first-order valence-corrected chi connectivity index (χ1v) is 8.26. The van der Waals surface area contributed by atoms with Crippen molar-refractivity contribution in [1.82, 2.24) is 5.32 Å². The standard InChI is InChI=1S/C16H24BrNO/c1-3-5-14(10-11-17)12-18-16(19)15-8-6-13(4-2)7-9-15/h6-9,14H,3-5,10-12H2,1-2H3,(H,18,19). The first-order valence-electron chi connectivity index (χ1n) is 7.14. The molecule has 106 valence electrons. The summed E-state index contributed by atoms with van der Waals surface area (Å²) in [5.74, 6) is 0.613. The molecule has 1 unspecified atom stereocenters. The monoisotopic (exact) mass is 325 g/mol. The quantitative estimate of drug-likeness (QED) is 0.714. The van der Waals surface area contributed by atoms with E-state index < -0.39 is 0 Å². The minimum absolute atomic E-state index is 0.0401. The minimum atomic E-state index is 0.0401. The van der Waals surface area contributed by atoms with Gasteiger partial charge in [0.25, 0.3) is 5.91 Å². The summed E-state index contributed by atoms with van der Waals surface area (Å²) in [4.78, 5) is 12.0. The van der Waals surface area contributed by atoms with Gasteiger partial charge in [-0.15, -0.1) is 0 Å². The number of amides is 1. The van der Waals surface area contributed by atoms with Crippen LogP contribution in [0.1, 0.15) is 49.0 Å². The van der Waals surface area contributed by atoms with Crippen LogP contribution in [0, 0.1) is 5.92 Å². The van der Waals surface area contributed by atoms with Crippen LogP contribution in [0.4, 0.5) is 0 Å². The Morgan fingerprint density at radius 2 is 1.89 bits per heavy atom. The molecular formula is C16H24BrNO. The number of halogens is 1. The Kier molecular flexibility index (Phi) is 7.80. The summed E-state index contributed by atoms with van der Waals surface area (Å²) < 4.78 is 0. The SMILES string of the molecule is CCCC(CCBr)CNC(=O)c1ccc(CC)cc1. The van der Waals surface area contributed by atoms with Gasteiger partial charge in [-0.3, -0.25) is 4.79 Å². The number of alkyl halides is 1. The van der Waals surface area contributed by atoms with Crippen LogP contribution in [0.15, 0.2) is 24.3 Å². The average Bonchev–Trinajstić information content (AvgIpc) is 2.45. The van der Waals surface area contributed by atoms with Gasteiger partial charge in [-0.2, -0.15) is 0 Å². The highest BCUT2D eigenvalue weighted by molar-refractivity contribution is 9.09. The highest BCUT2D eigenvalue weighted by Gasteiger charge is 2.10. The fourth-order valence-electron chi connectivity index (χ4n) is 2.14. The molecule has 0 aliphatic heterocycles. The molecule has 19 heavy (non-hydrogen) atoms. The van der Waals surface area contributed by atoms with E-state index in [2.05, 4.69) is 35.1 Å². The molecule has 1 amide bonds. The maximum absolute atomic E-state index is 12.0. The van der Waals surface area contributed by atoms with E-state index in [0.29, 0.717) is 5.92 Å². The number of carbonyl (C=O) groups excluding carboxylic acids is 1. The van der Waals surface area contributed by atoms with E-state index in [9.17, 15) is 4.79 Å². The van der Waals surface area contributed by atoms with Crippen molar-refractivity contribution in [2.75, 3.05) is 11.9 Å². The summed E-state index contributed by atoms with van der Waals surface area (Å²) in [6, 6.07) is 7.87. The molecule has 1 aromatic rings. The Morgan fingerprint density at radius 3 is 2.42 bits per heavy atom. The topological polar surface area (TPSA) is 29.1 Å². The lowest BCUT2D eigenvalue weighted by Gasteiger charge is -2.15. The Bertz CT molecular complexity index is 369. The third-order valence-electron chi connectivity index (χ3n) is 3.39. The van der Waals surface area contributed by atoms with Gasteiger partial charge in [0.2, 0.25) is 0 Å². The molecule has 0 aromatic heterocycles. The molecule has 0 saturated heterocycles. The summed E-state index contributed by atoms with van der Waals surface area (Å²) in [5.41, 5.74) is 2.02. The van der Waals surface area contributed by atoms with Gasteiger partial charge in [0.1, 0.15) is 0 Å². The Hall–Kier alpha value is -0.830. The second kappa shape index (κ2) is 9.13. The molecule has 0 aliphatic carbocycles. The zero-order valence-corrected chi connectivity index (χ0v) is 13.5. The molecule has 1 atom stereocenters. The van der Waals surface area contributed by atoms with Gasteiger partial charge in [-0.25, -0.2) is 0 Å². The third kappa shape index (κ3) is 5.77. The minimum Gasteiger partial charge on any atom is -0.352 e. The maximum Gasteiger partial charge on any atom is 0.251 e. The lowest BCUT2D eigenvalue weighted by atomic mass is 10.0. The van der Waals surface area contributed by atoms with E-state index in [-0.39, 0.29) is 5.91 Å². The fourth-order valence-corrected chi connectivity index (χ4v) is 2.79. The van der Waals surface area contributed by atoms with E-state index >= 15 is 0 Å². The van der Waals surface area contributed by atoms with E-state index in [1.807, 2.05) is 24.3 Å². The van der Waals surface area contributed by atoms with E-state index in [1.165, 1.54) is 18.4 Å². The molecule has 3 heteroatoms. The summed E-state index contributed by atoms with van der Waals surface area (Å²) in [6.45, 7) is 5.07. The third-order valence-corrected chi connectivity index (χ3v) is 3.85. The lowest BCUT2D eigenvalue weighted by Crippen LogP contribution is -2.29. The molecule has 0 radical (unpaired) electrons. The van der Waals surface area contributed by atoms with Gasteiger partial charge in [0.15, 0.2) is 0 Å². The molecule has 0 aliphatic rings. The van der Waals surface area contributed by atoms with Gasteiger partial charge in [0.05, 0.1) is 0 Å². The zero-order valence-electron chi connectivity index (χ0n) is 11.9. The van der Waals surface area contributed by atoms with Crippen LogP contribution in [-0.4, -0.2) is 17.8 Å². The second-order valence-corrected chi connectivity index (χ2v) is 5.69. The summed E-state index contributed by atoms with van der Waals surface area (Å²) >= 11 is 3.48. The van der Waals surface area contributed by atoms with Crippen molar-refractivity contribution in [2.24, 2.45) is 5.92 Å². The molecule has 0 saturated carbocycles. The molecule has 0 heterocycles. The maximum atomic E-state index is 12.0. The van der Waals surface area contributed by atoms with Crippen molar-refractivity contribution >= 4 is 21.8 Å². The van der Waals surface area contributed by atoms with Gasteiger partial charge in [0, 0.05) is 17.4 Å². The van der Waals surface area contributed by atoms with Crippen molar-refractivity contribution in [3.8, 4) is 0 Å². The smallest absolute Gasteiger partial charge is 0.251 e. The largest absolute Gasteiger partial charge is 0.352 e. The number of nitrogens with one attached hydrogen (secondary N) is 1. The van der Waals surface area contributed by atoms with Gasteiger partial charge >= 0.3 is 0 Å². The van der Waals surface area contributed by atoms with Crippen LogP contribution >= 0.6 is 15.9 Å². The lowest BCUT2D eigenvalue weighted by molar-refractivity contribution is 0.0946. The molecule has 0 bridgehead atoms. The number of hydrogen-bond donors (Lipinski definition) is 1. The molecular weight excluding hydrogens is 302 g/mol. The highest BCUT2D eigenvalue weighted by Crippen LogP contribution is 2.12. The van der Waals surface area contributed by atoms with Crippen molar-refractivity contribution in [3.05, 3.63) is 35.4 Å². The summed E-state index contributed by atoms with van der Waals surface area (Å²) in [5, 5.41) is 4.05. The van der Waals surface area contributed by atoms with E-state index in [0.717, 1.165) is 30.3 Å². The molecule has 1 N–H and O–H groups in total. The number of hydrogen-bond acceptors (Lipinski definition) is 1. The Morgan fingerprint density at radius 1 is 1.21 bits per heavy atom. The van der Waals surface area contributed by atoms with Gasteiger partial charge in [-0.05, 0) is 42.9 Å². The Labute approximate surface area is 125 Å². The highest BCUT2D eigenvalue weighted by atomic mass is 79.9. The molecule has 1 rings (SSSR count). The number of aryl methyl sites for hydroxylation is 1. The van der Waals surface area contributed by atoms with Crippen LogP contribution < -0.4 is 5.32 Å². The predicted molar refractivity (Wildman–Crippen MR) is 85.0 cm³/mol.